The number of halogens is 2. The summed E-state index contributed by atoms with van der Waals surface area (Å²) in [5, 5.41) is 13.0. The first-order chi connectivity index (χ1) is 16.7. The molecular formula is C23H20Cl2N4O4S2. The lowest BCUT2D eigenvalue weighted by molar-refractivity contribution is -0.150. The number of allylic oxidation sites excluding steroid dienone is 2. The lowest BCUT2D eigenvalue weighted by Crippen LogP contribution is -2.70. The summed E-state index contributed by atoms with van der Waals surface area (Å²) >= 11 is 14.7. The molecule has 3 heterocycles. The highest BCUT2D eigenvalue weighted by Gasteiger charge is 2.53. The van der Waals surface area contributed by atoms with Gasteiger partial charge in [0.2, 0.25) is 5.91 Å². The van der Waals surface area contributed by atoms with Gasteiger partial charge in [-0.3, -0.25) is 14.5 Å². The van der Waals surface area contributed by atoms with Crippen molar-refractivity contribution in [3.8, 4) is 0 Å². The van der Waals surface area contributed by atoms with Crippen molar-refractivity contribution in [1.29, 1.82) is 0 Å². The topological polar surface area (TPSA) is 112 Å². The van der Waals surface area contributed by atoms with Gasteiger partial charge in [0.15, 0.2) is 0 Å². The van der Waals surface area contributed by atoms with Crippen LogP contribution in [0, 0.1) is 6.92 Å². The third-order valence-corrected chi connectivity index (χ3v) is 8.26. The van der Waals surface area contributed by atoms with Crippen LogP contribution in [0.15, 0.2) is 58.9 Å². The average molecular weight is 551 g/mol. The monoisotopic (exact) mass is 550 g/mol. The molecule has 2 amide bonds. The minimum Gasteiger partial charge on any atom is -0.477 e. The molecular weight excluding hydrogens is 531 g/mol. The Morgan fingerprint density at radius 1 is 1.31 bits per heavy atom. The molecule has 1 saturated heterocycles. The van der Waals surface area contributed by atoms with Gasteiger partial charge < -0.3 is 10.4 Å². The third-order valence-electron chi connectivity index (χ3n) is 5.22. The van der Waals surface area contributed by atoms with Gasteiger partial charge in [-0.1, -0.05) is 35.4 Å². The third kappa shape index (κ3) is 5.83. The Kier molecular flexibility index (Phi) is 8.05. The van der Waals surface area contributed by atoms with Crippen LogP contribution in [0.1, 0.15) is 11.4 Å². The first-order valence-corrected chi connectivity index (χ1v) is 13.3. The molecule has 0 saturated carbocycles. The van der Waals surface area contributed by atoms with Gasteiger partial charge in [-0.2, -0.15) is 0 Å². The van der Waals surface area contributed by atoms with E-state index in [4.69, 9.17) is 23.2 Å². The summed E-state index contributed by atoms with van der Waals surface area (Å²) in [6.45, 7) is 1.90. The Labute approximate surface area is 220 Å². The van der Waals surface area contributed by atoms with Gasteiger partial charge in [-0.25, -0.2) is 14.8 Å². The number of carboxylic acid groups (broad SMARTS) is 1. The molecule has 35 heavy (non-hydrogen) atoms. The van der Waals surface area contributed by atoms with Gasteiger partial charge >= 0.3 is 5.97 Å². The van der Waals surface area contributed by atoms with Crippen LogP contribution in [0.3, 0.4) is 0 Å². The van der Waals surface area contributed by atoms with Crippen molar-refractivity contribution >= 4 is 64.5 Å². The molecule has 8 nitrogen and oxygen atoms in total. The summed E-state index contributed by atoms with van der Waals surface area (Å²) in [7, 11) is 0. The first-order valence-electron chi connectivity index (χ1n) is 10.5. The minimum absolute atomic E-state index is 0.0396. The molecule has 0 radical (unpaired) electrons. The van der Waals surface area contributed by atoms with Gasteiger partial charge in [0.25, 0.3) is 5.91 Å². The lowest BCUT2D eigenvalue weighted by atomic mass is 10.0. The van der Waals surface area contributed by atoms with Gasteiger partial charge in [0.1, 0.15) is 22.9 Å². The Balaban J connectivity index is 1.39. The van der Waals surface area contributed by atoms with Crippen LogP contribution in [-0.4, -0.2) is 60.7 Å². The maximum atomic E-state index is 12.8. The zero-order valence-electron chi connectivity index (χ0n) is 18.4. The summed E-state index contributed by atoms with van der Waals surface area (Å²) in [6.07, 6.45) is 7.35. The molecule has 0 bridgehead atoms. The number of hydrogen-bond acceptors (Lipinski definition) is 7. The van der Waals surface area contributed by atoms with E-state index in [2.05, 4.69) is 15.3 Å². The fraction of sp³-hybridized carbons (Fsp3) is 0.261. The van der Waals surface area contributed by atoms with Crippen molar-refractivity contribution in [3.05, 3.63) is 75.4 Å². The fourth-order valence-corrected chi connectivity index (χ4v) is 6.17. The normalized spacial score (nSPS) is 19.5. The smallest absolute Gasteiger partial charge is 0.352 e. The van der Waals surface area contributed by atoms with Crippen molar-refractivity contribution in [1.82, 2.24) is 20.2 Å². The molecule has 4 rings (SSSR count). The highest BCUT2D eigenvalue weighted by Crippen LogP contribution is 2.40. The SMILES string of the molecule is Cc1cnc(C/C=C/C2=C(C(=O)O)N3C(=O)C(NC(=O)CSc4cc(Cl)ccc4Cl)C3SC2)nc1. The minimum atomic E-state index is -1.19. The molecule has 2 N–H and O–H groups in total. The number of aliphatic carboxylic acids is 1. The Hall–Kier alpha value is -2.53. The first kappa shape index (κ1) is 25.6. The molecule has 0 spiro atoms. The second kappa shape index (κ2) is 11.0. The zero-order chi connectivity index (χ0) is 25.1. The fourth-order valence-electron chi connectivity index (χ4n) is 3.55. The Morgan fingerprint density at radius 3 is 2.77 bits per heavy atom. The molecule has 2 unspecified atom stereocenters. The molecule has 0 aliphatic carbocycles. The number of rotatable bonds is 8. The van der Waals surface area contributed by atoms with Crippen LogP contribution in [0.5, 0.6) is 0 Å². The predicted octanol–water partition coefficient (Wildman–Crippen LogP) is 3.72. The molecule has 12 heteroatoms. The standard InChI is InChI=1S/C23H20Cl2N4O4S2/c1-12-8-26-17(27-9-12)4-2-3-13-10-35-22-19(21(31)29(22)20(13)23(32)33)28-18(30)11-34-16-7-14(24)5-6-15(16)25/h2-3,5-9,19,22H,4,10-11H2,1H3,(H,28,30)(H,32,33)/b3-2+. The number of fused-ring (bicyclic) bond motifs is 1. The van der Waals surface area contributed by atoms with Crippen LogP contribution >= 0.6 is 46.7 Å². The van der Waals surface area contributed by atoms with Crippen LogP contribution in [0.2, 0.25) is 10.0 Å². The molecule has 2 atom stereocenters. The quantitative estimate of drug-likeness (QED) is 0.377. The molecule has 2 aliphatic heterocycles. The number of amides is 2. The number of aromatic nitrogens is 2. The number of aryl methyl sites for hydroxylation is 1. The molecule has 1 aromatic carbocycles. The van der Waals surface area contributed by atoms with E-state index in [1.807, 2.05) is 6.92 Å². The number of nitrogens with zero attached hydrogens (tertiary/aromatic N) is 3. The van der Waals surface area contributed by atoms with Crippen LogP contribution < -0.4 is 5.32 Å². The summed E-state index contributed by atoms with van der Waals surface area (Å²) < 4.78 is 0. The van der Waals surface area contributed by atoms with Crippen LogP contribution in [0.4, 0.5) is 0 Å². The van der Waals surface area contributed by atoms with E-state index >= 15 is 0 Å². The van der Waals surface area contributed by atoms with Crippen molar-refractivity contribution in [2.24, 2.45) is 0 Å². The van der Waals surface area contributed by atoms with E-state index in [9.17, 15) is 19.5 Å². The molecule has 2 aliphatic rings. The van der Waals surface area contributed by atoms with Crippen LogP contribution in [-0.2, 0) is 20.8 Å². The summed E-state index contributed by atoms with van der Waals surface area (Å²) in [5.41, 5.74) is 1.41. The molecule has 1 fully saturated rings. The van der Waals surface area contributed by atoms with E-state index in [0.29, 0.717) is 38.5 Å². The number of nitrogens with one attached hydrogen (secondary N) is 1. The number of carbonyl (C=O) groups is 3. The number of carbonyl (C=O) groups excluding carboxylic acids is 2. The lowest BCUT2D eigenvalue weighted by Gasteiger charge is -2.49. The van der Waals surface area contributed by atoms with Crippen molar-refractivity contribution in [3.63, 3.8) is 0 Å². The second-order valence-corrected chi connectivity index (χ2v) is 10.7. The number of β-lactam (4-membered cyclic amide) rings is 1. The highest BCUT2D eigenvalue weighted by molar-refractivity contribution is 8.00. The maximum absolute atomic E-state index is 12.8. The van der Waals surface area contributed by atoms with Crippen molar-refractivity contribution in [2.45, 2.75) is 29.7 Å². The van der Waals surface area contributed by atoms with Crippen molar-refractivity contribution in [2.75, 3.05) is 11.5 Å². The average Bonchev–Trinajstić information content (AvgIpc) is 2.83. The molecule has 2 aromatic rings. The van der Waals surface area contributed by atoms with E-state index < -0.39 is 23.3 Å². The van der Waals surface area contributed by atoms with E-state index in [0.717, 1.165) is 5.56 Å². The summed E-state index contributed by atoms with van der Waals surface area (Å²) in [6, 6.07) is 4.18. The number of hydrogen-bond donors (Lipinski definition) is 2. The molecule has 1 aromatic heterocycles. The predicted molar refractivity (Wildman–Crippen MR) is 136 cm³/mol. The summed E-state index contributed by atoms with van der Waals surface area (Å²) in [5.74, 6) is -0.949. The van der Waals surface area contributed by atoms with Crippen LogP contribution in [0.25, 0.3) is 0 Å². The Bertz CT molecular complexity index is 1240. The van der Waals surface area contributed by atoms with Gasteiger partial charge in [0, 0.05) is 34.5 Å². The second-order valence-electron chi connectivity index (χ2n) is 7.78. The van der Waals surface area contributed by atoms with E-state index in [-0.39, 0.29) is 17.4 Å². The van der Waals surface area contributed by atoms with E-state index in [1.165, 1.54) is 28.4 Å². The maximum Gasteiger partial charge on any atom is 0.352 e. The summed E-state index contributed by atoms with van der Waals surface area (Å²) in [4.78, 5) is 47.6. The van der Waals surface area contributed by atoms with Crippen molar-refractivity contribution < 1.29 is 19.5 Å². The number of carboxylic acids is 1. The Morgan fingerprint density at radius 2 is 2.06 bits per heavy atom. The van der Waals surface area contributed by atoms with Gasteiger partial charge in [-0.05, 0) is 36.3 Å². The zero-order valence-corrected chi connectivity index (χ0v) is 21.5. The largest absolute Gasteiger partial charge is 0.477 e. The number of thioether (sulfide) groups is 2. The van der Waals surface area contributed by atoms with Gasteiger partial charge in [-0.15, -0.1) is 23.5 Å². The van der Waals surface area contributed by atoms with E-state index in [1.54, 1.807) is 42.7 Å². The van der Waals surface area contributed by atoms with Gasteiger partial charge in [0.05, 0.1) is 10.8 Å². The highest BCUT2D eigenvalue weighted by atomic mass is 35.5. The number of benzene rings is 1. The molecule has 182 valence electrons.